The van der Waals surface area contributed by atoms with Gasteiger partial charge in [-0.3, -0.25) is 14.2 Å². The van der Waals surface area contributed by atoms with E-state index in [2.05, 4.69) is 4.98 Å². The minimum absolute atomic E-state index is 0.138. The number of aryl methyl sites for hydroxylation is 1. The van der Waals surface area contributed by atoms with Crippen LogP contribution >= 0.6 is 11.3 Å². The van der Waals surface area contributed by atoms with Gasteiger partial charge in [-0.25, -0.2) is 9.18 Å². The molecule has 0 aromatic carbocycles. The minimum Gasteiger partial charge on any atom is -0.324 e. The van der Waals surface area contributed by atoms with Crippen LogP contribution in [-0.2, 0) is 0 Å². The van der Waals surface area contributed by atoms with Crippen LogP contribution in [0.15, 0.2) is 27.2 Å². The third-order valence-electron chi connectivity index (χ3n) is 4.77. The molecule has 1 fully saturated rings. The molecule has 1 saturated carbocycles. The molecular formula is C18H18FN3O2S. The SMILES string of the molecule is Cc1c(-c2cc(C(C)N)cs2)c(F)cn2c(=O)[nH]c(=O)c(C3CC3)c12. The molecule has 130 valence electrons. The molecule has 0 radical (unpaired) electrons. The average Bonchev–Trinajstić information content (AvgIpc) is 3.25. The quantitative estimate of drug-likeness (QED) is 0.754. The Morgan fingerprint density at radius 2 is 2.12 bits per heavy atom. The molecule has 1 unspecified atom stereocenters. The maximum atomic E-state index is 14.8. The zero-order valence-electron chi connectivity index (χ0n) is 13.9. The van der Waals surface area contributed by atoms with Gasteiger partial charge in [-0.15, -0.1) is 11.3 Å². The van der Waals surface area contributed by atoms with Crippen molar-refractivity contribution in [1.82, 2.24) is 9.38 Å². The van der Waals surface area contributed by atoms with Crippen LogP contribution in [0.2, 0.25) is 0 Å². The number of nitrogens with two attached hydrogens (primary N) is 1. The van der Waals surface area contributed by atoms with E-state index in [1.165, 1.54) is 21.9 Å². The van der Waals surface area contributed by atoms with Crippen LogP contribution in [0, 0.1) is 12.7 Å². The first-order valence-corrected chi connectivity index (χ1v) is 9.08. The lowest BCUT2D eigenvalue weighted by molar-refractivity contribution is 0.619. The standard InChI is InChI=1S/C18H18FN3O2S/c1-8-14(13-5-11(7-25-13)9(2)20)12(19)6-22-16(8)15(10-3-4-10)17(23)21-18(22)24/h5-7,9-10H,3-4,20H2,1-2H3,(H,21,23,24). The Morgan fingerprint density at radius 1 is 1.40 bits per heavy atom. The normalized spacial score (nSPS) is 15.7. The van der Waals surface area contributed by atoms with Gasteiger partial charge in [0.05, 0.1) is 11.7 Å². The van der Waals surface area contributed by atoms with Crippen molar-refractivity contribution in [1.29, 1.82) is 0 Å². The van der Waals surface area contributed by atoms with E-state index >= 15 is 0 Å². The zero-order valence-corrected chi connectivity index (χ0v) is 14.7. The summed E-state index contributed by atoms with van der Waals surface area (Å²) in [6.45, 7) is 3.64. The molecular weight excluding hydrogens is 341 g/mol. The van der Waals surface area contributed by atoms with Crippen LogP contribution < -0.4 is 17.0 Å². The summed E-state index contributed by atoms with van der Waals surface area (Å²) in [4.78, 5) is 27.6. The smallest absolute Gasteiger partial charge is 0.324 e. The Bertz CT molecular complexity index is 1110. The zero-order chi connectivity index (χ0) is 17.9. The number of halogens is 1. The van der Waals surface area contributed by atoms with Crippen molar-refractivity contribution in [3.8, 4) is 10.4 Å². The number of nitrogens with zero attached hydrogens (tertiary/aromatic N) is 1. The average molecular weight is 359 g/mol. The topological polar surface area (TPSA) is 80.4 Å². The summed E-state index contributed by atoms with van der Waals surface area (Å²) in [5.74, 6) is -0.349. The summed E-state index contributed by atoms with van der Waals surface area (Å²) in [7, 11) is 0. The number of rotatable bonds is 3. The van der Waals surface area contributed by atoms with Crippen molar-refractivity contribution in [2.45, 2.75) is 38.6 Å². The van der Waals surface area contributed by atoms with Crippen LogP contribution in [-0.4, -0.2) is 9.38 Å². The van der Waals surface area contributed by atoms with E-state index in [0.717, 1.165) is 23.3 Å². The second-order valence-corrected chi connectivity index (χ2v) is 7.59. The van der Waals surface area contributed by atoms with E-state index in [0.29, 0.717) is 22.2 Å². The Hall–Kier alpha value is -2.25. The highest BCUT2D eigenvalue weighted by atomic mass is 32.1. The summed E-state index contributed by atoms with van der Waals surface area (Å²) in [5.41, 5.74) is 8.03. The van der Waals surface area contributed by atoms with E-state index in [4.69, 9.17) is 5.73 Å². The molecule has 3 aromatic heterocycles. The van der Waals surface area contributed by atoms with Gasteiger partial charge in [0.15, 0.2) is 0 Å². The van der Waals surface area contributed by atoms with Crippen LogP contribution in [0.1, 0.15) is 48.4 Å². The number of aromatic nitrogens is 2. The van der Waals surface area contributed by atoms with Gasteiger partial charge < -0.3 is 5.73 Å². The molecule has 0 amide bonds. The molecule has 1 aliphatic rings. The number of aromatic amines is 1. The minimum atomic E-state index is -0.611. The number of hydrogen-bond donors (Lipinski definition) is 2. The highest BCUT2D eigenvalue weighted by Gasteiger charge is 2.31. The first kappa shape index (κ1) is 16.2. The molecule has 4 rings (SSSR count). The molecule has 0 bridgehead atoms. The van der Waals surface area contributed by atoms with Crippen LogP contribution in [0.25, 0.3) is 16.0 Å². The maximum absolute atomic E-state index is 14.8. The van der Waals surface area contributed by atoms with Gasteiger partial charge in [0.2, 0.25) is 0 Å². The van der Waals surface area contributed by atoms with Crippen molar-refractivity contribution in [2.75, 3.05) is 0 Å². The molecule has 0 aliphatic heterocycles. The summed E-state index contributed by atoms with van der Waals surface area (Å²) >= 11 is 1.41. The van der Waals surface area contributed by atoms with Crippen molar-refractivity contribution >= 4 is 16.9 Å². The van der Waals surface area contributed by atoms with Gasteiger partial charge in [0, 0.05) is 22.0 Å². The second-order valence-electron chi connectivity index (χ2n) is 6.68. The molecule has 1 atom stereocenters. The predicted octanol–water partition coefficient (Wildman–Crippen LogP) is 3.06. The van der Waals surface area contributed by atoms with Crippen molar-refractivity contribution in [3.05, 3.63) is 61.0 Å². The fraction of sp³-hybridized carbons (Fsp3) is 0.333. The number of fused-ring (bicyclic) bond motifs is 1. The Labute approximate surface area is 146 Å². The molecule has 3 aromatic rings. The van der Waals surface area contributed by atoms with Crippen molar-refractivity contribution < 1.29 is 4.39 Å². The van der Waals surface area contributed by atoms with Crippen molar-refractivity contribution in [3.63, 3.8) is 0 Å². The third-order valence-corrected chi connectivity index (χ3v) is 5.73. The van der Waals surface area contributed by atoms with Gasteiger partial charge in [-0.2, -0.15) is 0 Å². The molecule has 1 aliphatic carbocycles. The summed E-state index contributed by atoms with van der Waals surface area (Å²) in [6, 6.07) is 1.74. The number of H-pyrrole nitrogens is 1. The van der Waals surface area contributed by atoms with E-state index in [1.54, 1.807) is 6.92 Å². The lowest BCUT2D eigenvalue weighted by atomic mass is 10.0. The van der Waals surface area contributed by atoms with Crippen LogP contribution in [0.3, 0.4) is 0 Å². The lowest BCUT2D eigenvalue weighted by Crippen LogP contribution is -2.29. The van der Waals surface area contributed by atoms with Gasteiger partial charge in [0.1, 0.15) is 5.82 Å². The molecule has 25 heavy (non-hydrogen) atoms. The molecule has 3 heterocycles. The Morgan fingerprint density at radius 3 is 2.72 bits per heavy atom. The van der Waals surface area contributed by atoms with Gasteiger partial charge >= 0.3 is 5.69 Å². The summed E-state index contributed by atoms with van der Waals surface area (Å²) in [6.07, 6.45) is 3.00. The Kier molecular flexibility index (Phi) is 3.66. The molecule has 0 saturated heterocycles. The van der Waals surface area contributed by atoms with E-state index in [1.807, 2.05) is 18.4 Å². The number of thiophene rings is 1. The summed E-state index contributed by atoms with van der Waals surface area (Å²) < 4.78 is 16.1. The van der Waals surface area contributed by atoms with Gasteiger partial charge in [-0.05, 0) is 55.2 Å². The Balaban J connectivity index is 2.07. The highest BCUT2D eigenvalue weighted by Crippen LogP contribution is 2.42. The van der Waals surface area contributed by atoms with Gasteiger partial charge in [-0.1, -0.05) is 0 Å². The number of nitrogens with one attached hydrogen (secondary N) is 1. The van der Waals surface area contributed by atoms with Crippen LogP contribution in [0.5, 0.6) is 0 Å². The van der Waals surface area contributed by atoms with Gasteiger partial charge in [0.25, 0.3) is 5.56 Å². The fourth-order valence-electron chi connectivity index (χ4n) is 3.32. The second kappa shape index (κ2) is 5.64. The largest absolute Gasteiger partial charge is 0.333 e. The van der Waals surface area contributed by atoms with E-state index < -0.39 is 11.5 Å². The summed E-state index contributed by atoms with van der Waals surface area (Å²) in [5, 5.41) is 1.91. The monoisotopic (exact) mass is 359 g/mol. The molecule has 5 nitrogen and oxygen atoms in total. The van der Waals surface area contributed by atoms with Crippen molar-refractivity contribution in [2.24, 2.45) is 5.73 Å². The lowest BCUT2D eigenvalue weighted by Gasteiger charge is -2.13. The predicted molar refractivity (Wildman–Crippen MR) is 96.9 cm³/mol. The fourth-order valence-corrected chi connectivity index (χ4v) is 4.44. The first-order chi connectivity index (χ1) is 11.9. The van der Waals surface area contributed by atoms with E-state index in [9.17, 15) is 14.0 Å². The van der Waals surface area contributed by atoms with E-state index in [-0.39, 0.29) is 17.5 Å². The number of hydrogen-bond acceptors (Lipinski definition) is 4. The van der Waals surface area contributed by atoms with Crippen LogP contribution in [0.4, 0.5) is 4.39 Å². The molecule has 7 heteroatoms. The third kappa shape index (κ3) is 2.54. The highest BCUT2D eigenvalue weighted by molar-refractivity contribution is 7.13. The molecule has 3 N–H and O–H groups in total. The maximum Gasteiger partial charge on any atom is 0.333 e. The number of pyridine rings is 1. The first-order valence-electron chi connectivity index (χ1n) is 8.20. The molecule has 0 spiro atoms.